The fourth-order valence-electron chi connectivity index (χ4n) is 2.20. The van der Waals surface area contributed by atoms with Crippen LogP contribution >= 0.6 is 11.6 Å². The number of aromatic nitrogens is 1. The molecule has 0 atom stereocenters. The molecule has 4 nitrogen and oxygen atoms in total. The minimum Gasteiger partial charge on any atom is -0.355 e. The van der Waals surface area contributed by atoms with Gasteiger partial charge in [-0.05, 0) is 32.0 Å². The van der Waals surface area contributed by atoms with Crippen molar-refractivity contribution in [2.75, 3.05) is 0 Å². The van der Waals surface area contributed by atoms with E-state index >= 15 is 0 Å². The maximum atomic E-state index is 13.3. The zero-order valence-electron chi connectivity index (χ0n) is 13.8. The smallest absolute Gasteiger partial charge is 0.257 e. The molecule has 6 heteroatoms. The van der Waals surface area contributed by atoms with Crippen LogP contribution in [0.3, 0.4) is 0 Å². The molecule has 1 amide bonds. The van der Waals surface area contributed by atoms with Crippen molar-refractivity contribution in [3.05, 3.63) is 40.3 Å². The monoisotopic (exact) mass is 338 g/mol. The molecular formula is C17H20ClFN2O2. The van der Waals surface area contributed by atoms with Crippen molar-refractivity contribution in [1.82, 2.24) is 10.5 Å². The van der Waals surface area contributed by atoms with Gasteiger partial charge in [0.05, 0.1) is 5.02 Å². The number of halogens is 2. The first-order valence-corrected chi connectivity index (χ1v) is 7.75. The van der Waals surface area contributed by atoms with Gasteiger partial charge in [-0.15, -0.1) is 0 Å². The lowest BCUT2D eigenvalue weighted by Crippen LogP contribution is -2.32. The van der Waals surface area contributed by atoms with Gasteiger partial charge < -0.3 is 9.84 Å². The Balaban J connectivity index is 2.65. The zero-order chi connectivity index (χ0) is 17.4. The van der Waals surface area contributed by atoms with Crippen molar-refractivity contribution in [2.45, 2.75) is 46.1 Å². The molecule has 0 aliphatic rings. The lowest BCUT2D eigenvalue weighted by atomic mass is 9.87. The summed E-state index contributed by atoms with van der Waals surface area (Å²) >= 11 is 6.11. The number of hydrogen-bond donors (Lipinski definition) is 1. The Labute approximate surface area is 140 Å². The number of carbonyl (C=O) groups is 1. The molecule has 0 radical (unpaired) electrons. The molecule has 0 aliphatic carbocycles. The number of carbonyl (C=O) groups excluding carboxylic acids is 1. The first-order chi connectivity index (χ1) is 10.6. The van der Waals surface area contributed by atoms with E-state index in [-0.39, 0.29) is 22.7 Å². The summed E-state index contributed by atoms with van der Waals surface area (Å²) in [6.07, 6.45) is 0. The summed E-state index contributed by atoms with van der Waals surface area (Å²) in [4.78, 5) is 12.6. The van der Waals surface area contributed by atoms with E-state index in [1.54, 1.807) is 0 Å². The molecule has 0 unspecified atom stereocenters. The highest BCUT2D eigenvalue weighted by Gasteiger charge is 2.32. The van der Waals surface area contributed by atoms with Crippen molar-refractivity contribution in [2.24, 2.45) is 0 Å². The number of rotatable bonds is 3. The fraction of sp³-hybridized carbons (Fsp3) is 0.412. The molecule has 0 bridgehead atoms. The second-order valence-corrected chi connectivity index (χ2v) is 7.14. The van der Waals surface area contributed by atoms with Gasteiger partial charge in [-0.1, -0.05) is 37.5 Å². The lowest BCUT2D eigenvalue weighted by Gasteiger charge is -2.17. The summed E-state index contributed by atoms with van der Waals surface area (Å²) in [5.74, 6) is -0.498. The third kappa shape index (κ3) is 3.72. The van der Waals surface area contributed by atoms with Crippen LogP contribution in [0, 0.1) is 5.82 Å². The van der Waals surface area contributed by atoms with Crippen LogP contribution in [0.1, 0.15) is 50.7 Å². The van der Waals surface area contributed by atoms with Gasteiger partial charge in [0.25, 0.3) is 5.91 Å². The molecule has 0 fully saturated rings. The normalized spacial score (nSPS) is 11.8. The summed E-state index contributed by atoms with van der Waals surface area (Å²) < 4.78 is 18.7. The summed E-state index contributed by atoms with van der Waals surface area (Å²) in [6.45, 7) is 9.55. The van der Waals surface area contributed by atoms with Crippen LogP contribution < -0.4 is 5.32 Å². The predicted molar refractivity (Wildman–Crippen MR) is 88.2 cm³/mol. The van der Waals surface area contributed by atoms with Crippen molar-refractivity contribution in [3.8, 4) is 11.3 Å². The molecule has 2 rings (SSSR count). The van der Waals surface area contributed by atoms with Gasteiger partial charge in [-0.3, -0.25) is 4.79 Å². The molecule has 1 aromatic carbocycles. The van der Waals surface area contributed by atoms with Crippen LogP contribution in [0.5, 0.6) is 0 Å². The third-order valence-electron chi connectivity index (χ3n) is 3.23. The molecule has 0 aliphatic heterocycles. The van der Waals surface area contributed by atoms with Crippen molar-refractivity contribution < 1.29 is 13.7 Å². The van der Waals surface area contributed by atoms with E-state index in [0.29, 0.717) is 16.8 Å². The highest BCUT2D eigenvalue weighted by atomic mass is 35.5. The van der Waals surface area contributed by atoms with Gasteiger partial charge >= 0.3 is 0 Å². The van der Waals surface area contributed by atoms with Gasteiger partial charge in [-0.25, -0.2) is 4.39 Å². The van der Waals surface area contributed by atoms with Gasteiger partial charge in [0.15, 0.2) is 5.76 Å². The summed E-state index contributed by atoms with van der Waals surface area (Å²) in [5.41, 5.74) is 0.911. The molecular weight excluding hydrogens is 319 g/mol. The molecule has 2 aromatic rings. The van der Waals surface area contributed by atoms with E-state index in [4.69, 9.17) is 16.1 Å². The first-order valence-electron chi connectivity index (χ1n) is 7.37. The van der Waals surface area contributed by atoms with Crippen LogP contribution in [0.4, 0.5) is 4.39 Å². The zero-order valence-corrected chi connectivity index (χ0v) is 14.6. The Kier molecular flexibility index (Phi) is 4.80. The quantitative estimate of drug-likeness (QED) is 0.891. The Morgan fingerprint density at radius 3 is 2.52 bits per heavy atom. The minimum atomic E-state index is -0.456. The average molecular weight is 339 g/mol. The first kappa shape index (κ1) is 17.5. The maximum absolute atomic E-state index is 13.3. The molecule has 1 N–H and O–H groups in total. The summed E-state index contributed by atoms with van der Waals surface area (Å²) in [7, 11) is 0. The van der Waals surface area contributed by atoms with E-state index < -0.39 is 11.2 Å². The number of hydrogen-bond acceptors (Lipinski definition) is 3. The van der Waals surface area contributed by atoms with Crippen molar-refractivity contribution in [1.29, 1.82) is 0 Å². The summed E-state index contributed by atoms with van der Waals surface area (Å²) in [5, 5.41) is 7.08. The maximum Gasteiger partial charge on any atom is 0.257 e. The van der Waals surface area contributed by atoms with Crippen molar-refractivity contribution >= 4 is 17.5 Å². The Hall–Kier alpha value is -1.88. The van der Waals surface area contributed by atoms with Crippen LogP contribution in [0.15, 0.2) is 22.7 Å². The molecule has 124 valence electrons. The van der Waals surface area contributed by atoms with Crippen LogP contribution in [-0.2, 0) is 5.41 Å². The highest BCUT2D eigenvalue weighted by Crippen LogP contribution is 2.36. The van der Waals surface area contributed by atoms with E-state index in [1.807, 2.05) is 34.6 Å². The Morgan fingerprint density at radius 1 is 1.35 bits per heavy atom. The Morgan fingerprint density at radius 2 is 2.00 bits per heavy atom. The number of nitrogens with zero attached hydrogens (tertiary/aromatic N) is 1. The second kappa shape index (κ2) is 6.32. The van der Waals surface area contributed by atoms with Crippen LogP contribution in [-0.4, -0.2) is 17.1 Å². The highest BCUT2D eigenvalue weighted by molar-refractivity contribution is 6.33. The third-order valence-corrected chi connectivity index (χ3v) is 3.54. The van der Waals surface area contributed by atoms with Crippen LogP contribution in [0.25, 0.3) is 11.3 Å². The number of benzene rings is 1. The molecule has 1 heterocycles. The van der Waals surface area contributed by atoms with Gasteiger partial charge in [0.1, 0.15) is 17.1 Å². The topological polar surface area (TPSA) is 55.1 Å². The minimum absolute atomic E-state index is 0.0400. The molecule has 0 saturated heterocycles. The van der Waals surface area contributed by atoms with E-state index in [2.05, 4.69) is 10.5 Å². The molecule has 1 aromatic heterocycles. The molecule has 0 saturated carbocycles. The van der Waals surface area contributed by atoms with E-state index in [0.717, 1.165) is 0 Å². The van der Waals surface area contributed by atoms with Crippen molar-refractivity contribution in [3.63, 3.8) is 0 Å². The lowest BCUT2D eigenvalue weighted by molar-refractivity contribution is 0.0941. The standard InChI is InChI=1S/C17H20ClFN2O2/c1-9(2)20-16(22)13-14(23-21-15(13)17(3,4)5)11-7-6-10(19)8-12(11)18/h6-9H,1-5H3,(H,20,22). The van der Waals surface area contributed by atoms with Crippen LogP contribution in [0.2, 0.25) is 5.02 Å². The fourth-order valence-corrected chi connectivity index (χ4v) is 2.46. The van der Waals surface area contributed by atoms with E-state index in [9.17, 15) is 9.18 Å². The summed E-state index contributed by atoms with van der Waals surface area (Å²) in [6, 6.07) is 3.89. The van der Waals surface area contributed by atoms with Gasteiger partial charge in [0, 0.05) is 17.0 Å². The van der Waals surface area contributed by atoms with E-state index in [1.165, 1.54) is 18.2 Å². The largest absolute Gasteiger partial charge is 0.355 e. The number of nitrogens with one attached hydrogen (secondary N) is 1. The predicted octanol–water partition coefficient (Wildman–Crippen LogP) is 4.57. The SMILES string of the molecule is CC(C)NC(=O)c1c(C(C)(C)C)noc1-c1ccc(F)cc1Cl. The Bertz CT molecular complexity index is 733. The van der Waals surface area contributed by atoms with Gasteiger partial charge in [-0.2, -0.15) is 0 Å². The number of amides is 1. The second-order valence-electron chi connectivity index (χ2n) is 6.74. The van der Waals surface area contributed by atoms with Gasteiger partial charge in [0.2, 0.25) is 0 Å². The molecule has 23 heavy (non-hydrogen) atoms. The molecule has 0 spiro atoms. The average Bonchev–Trinajstić information content (AvgIpc) is 2.82.